The van der Waals surface area contributed by atoms with E-state index in [4.69, 9.17) is 4.74 Å². The number of rotatable bonds is 4. The highest BCUT2D eigenvalue weighted by Gasteiger charge is 2.16. The zero-order valence-electron chi connectivity index (χ0n) is 8.89. The molecule has 1 aromatic rings. The van der Waals surface area contributed by atoms with E-state index in [1.54, 1.807) is 4.90 Å². The van der Waals surface area contributed by atoms with Gasteiger partial charge in [0.1, 0.15) is 0 Å². The fourth-order valence-corrected chi connectivity index (χ4v) is 1.48. The molecule has 0 atom stereocenters. The van der Waals surface area contributed by atoms with Crippen LogP contribution in [0, 0.1) is 0 Å². The van der Waals surface area contributed by atoms with E-state index < -0.39 is 0 Å². The fraction of sp³-hybridized carbons (Fsp3) is 0.667. The van der Waals surface area contributed by atoms with Crippen LogP contribution in [0.3, 0.4) is 0 Å². The topological polar surface area (TPSA) is 80.5 Å². The summed E-state index contributed by atoms with van der Waals surface area (Å²) in [5.41, 5.74) is 0. The summed E-state index contributed by atoms with van der Waals surface area (Å²) in [6, 6.07) is 0. The van der Waals surface area contributed by atoms with Gasteiger partial charge in [0, 0.05) is 13.1 Å². The Morgan fingerprint density at radius 3 is 3.00 bits per heavy atom. The molecule has 1 saturated heterocycles. The average molecular weight is 226 g/mol. The first-order chi connectivity index (χ1) is 7.86. The van der Waals surface area contributed by atoms with Crippen LogP contribution in [0.4, 0.5) is 0 Å². The van der Waals surface area contributed by atoms with E-state index in [1.807, 2.05) is 0 Å². The Labute approximate surface area is 92.7 Å². The van der Waals surface area contributed by atoms with Crippen molar-refractivity contribution >= 4 is 5.91 Å². The van der Waals surface area contributed by atoms with Gasteiger partial charge in [0.05, 0.1) is 26.3 Å². The number of carbonyl (C=O) groups excluding carboxylic acids is 1. The van der Waals surface area contributed by atoms with E-state index in [2.05, 4.69) is 20.0 Å². The Morgan fingerprint density at radius 2 is 2.31 bits per heavy atom. The SMILES string of the molecule is O=C(CNCc1ncon1)N1CCOCC1. The third kappa shape index (κ3) is 3.01. The maximum Gasteiger partial charge on any atom is 0.236 e. The van der Waals surface area contributed by atoms with E-state index in [0.717, 1.165) is 0 Å². The number of hydrogen-bond donors (Lipinski definition) is 1. The summed E-state index contributed by atoms with van der Waals surface area (Å²) in [4.78, 5) is 17.3. The van der Waals surface area contributed by atoms with Gasteiger partial charge >= 0.3 is 0 Å². The highest BCUT2D eigenvalue weighted by atomic mass is 16.5. The number of nitrogens with zero attached hydrogens (tertiary/aromatic N) is 3. The van der Waals surface area contributed by atoms with Gasteiger partial charge in [-0.3, -0.25) is 4.79 Å². The van der Waals surface area contributed by atoms with Gasteiger partial charge in [-0.1, -0.05) is 5.16 Å². The molecule has 0 spiro atoms. The van der Waals surface area contributed by atoms with Gasteiger partial charge in [-0.05, 0) is 0 Å². The van der Waals surface area contributed by atoms with Gasteiger partial charge in [-0.25, -0.2) is 0 Å². The molecule has 1 aliphatic rings. The first-order valence-electron chi connectivity index (χ1n) is 5.18. The minimum Gasteiger partial charge on any atom is -0.378 e. The molecule has 1 fully saturated rings. The molecule has 1 N–H and O–H groups in total. The lowest BCUT2D eigenvalue weighted by Crippen LogP contribution is -2.44. The van der Waals surface area contributed by atoms with Gasteiger partial charge in [-0.15, -0.1) is 0 Å². The van der Waals surface area contributed by atoms with Crippen LogP contribution in [0.5, 0.6) is 0 Å². The number of ether oxygens (including phenoxy) is 1. The summed E-state index contributed by atoms with van der Waals surface area (Å²) in [5, 5.41) is 6.60. The first-order valence-corrected chi connectivity index (χ1v) is 5.18. The molecule has 0 radical (unpaired) electrons. The van der Waals surface area contributed by atoms with Gasteiger partial charge in [0.25, 0.3) is 0 Å². The molecule has 2 heterocycles. The Kier molecular flexibility index (Phi) is 3.84. The molecule has 0 aliphatic carbocycles. The van der Waals surface area contributed by atoms with Gasteiger partial charge < -0.3 is 19.5 Å². The Balaban J connectivity index is 1.67. The number of amides is 1. The molecule has 0 aromatic carbocycles. The standard InChI is InChI=1S/C9H14N4O3/c14-9(13-1-3-15-4-2-13)6-10-5-8-11-7-16-12-8/h7,10H,1-6H2. The van der Waals surface area contributed by atoms with Crippen molar-refractivity contribution in [1.82, 2.24) is 20.4 Å². The summed E-state index contributed by atoms with van der Waals surface area (Å²) in [6.45, 7) is 3.31. The van der Waals surface area contributed by atoms with Crippen molar-refractivity contribution in [3.05, 3.63) is 12.2 Å². The number of nitrogens with one attached hydrogen (secondary N) is 1. The number of carbonyl (C=O) groups is 1. The van der Waals surface area contributed by atoms with Gasteiger partial charge in [0.15, 0.2) is 5.82 Å². The second-order valence-corrected chi connectivity index (χ2v) is 3.44. The van der Waals surface area contributed by atoms with Crippen LogP contribution in [0.25, 0.3) is 0 Å². The van der Waals surface area contributed by atoms with Crippen LogP contribution in [0.1, 0.15) is 5.82 Å². The van der Waals surface area contributed by atoms with Crippen molar-refractivity contribution in [2.75, 3.05) is 32.8 Å². The molecule has 16 heavy (non-hydrogen) atoms. The van der Waals surface area contributed by atoms with Crippen molar-refractivity contribution in [3.8, 4) is 0 Å². The van der Waals surface area contributed by atoms with Crippen LogP contribution in [0.2, 0.25) is 0 Å². The minimum atomic E-state index is 0.0757. The predicted molar refractivity (Wildman–Crippen MR) is 53.4 cm³/mol. The molecule has 0 bridgehead atoms. The third-order valence-electron chi connectivity index (χ3n) is 2.33. The Hall–Kier alpha value is -1.47. The van der Waals surface area contributed by atoms with Crippen molar-refractivity contribution < 1.29 is 14.1 Å². The average Bonchev–Trinajstić information content (AvgIpc) is 2.83. The molecule has 88 valence electrons. The quantitative estimate of drug-likeness (QED) is 0.710. The van der Waals surface area contributed by atoms with E-state index in [0.29, 0.717) is 38.7 Å². The van der Waals surface area contributed by atoms with Crippen molar-refractivity contribution in [3.63, 3.8) is 0 Å². The van der Waals surface area contributed by atoms with Crippen LogP contribution in [-0.2, 0) is 16.1 Å². The molecular weight excluding hydrogens is 212 g/mol. The van der Waals surface area contributed by atoms with Crippen LogP contribution < -0.4 is 5.32 Å². The maximum absolute atomic E-state index is 11.7. The molecular formula is C9H14N4O3. The number of hydrogen-bond acceptors (Lipinski definition) is 6. The molecule has 0 saturated carbocycles. The number of morpholine rings is 1. The van der Waals surface area contributed by atoms with Crippen LogP contribution in [0.15, 0.2) is 10.9 Å². The summed E-state index contributed by atoms with van der Waals surface area (Å²) >= 11 is 0. The van der Waals surface area contributed by atoms with Gasteiger partial charge in [0.2, 0.25) is 12.3 Å². The molecule has 2 rings (SSSR count). The first kappa shape index (κ1) is 11.0. The highest BCUT2D eigenvalue weighted by molar-refractivity contribution is 5.78. The normalized spacial score (nSPS) is 16.4. The lowest BCUT2D eigenvalue weighted by atomic mass is 10.4. The summed E-state index contributed by atoms with van der Waals surface area (Å²) in [7, 11) is 0. The zero-order valence-corrected chi connectivity index (χ0v) is 8.89. The monoisotopic (exact) mass is 226 g/mol. The lowest BCUT2D eigenvalue weighted by molar-refractivity contribution is -0.134. The highest BCUT2D eigenvalue weighted by Crippen LogP contribution is 1.96. The predicted octanol–water partition coefficient (Wildman–Crippen LogP) is -0.982. The molecule has 0 unspecified atom stereocenters. The molecule has 1 aliphatic heterocycles. The third-order valence-corrected chi connectivity index (χ3v) is 2.33. The van der Waals surface area contributed by atoms with Crippen molar-refractivity contribution in [1.29, 1.82) is 0 Å². The molecule has 1 amide bonds. The van der Waals surface area contributed by atoms with E-state index in [9.17, 15) is 4.79 Å². The Morgan fingerprint density at radius 1 is 1.50 bits per heavy atom. The summed E-state index contributed by atoms with van der Waals surface area (Å²) in [6.07, 6.45) is 1.26. The molecule has 7 nitrogen and oxygen atoms in total. The van der Waals surface area contributed by atoms with E-state index in [-0.39, 0.29) is 12.5 Å². The largest absolute Gasteiger partial charge is 0.378 e. The van der Waals surface area contributed by atoms with Crippen molar-refractivity contribution in [2.24, 2.45) is 0 Å². The summed E-state index contributed by atoms with van der Waals surface area (Å²) < 4.78 is 9.74. The lowest BCUT2D eigenvalue weighted by Gasteiger charge is -2.26. The van der Waals surface area contributed by atoms with Crippen molar-refractivity contribution in [2.45, 2.75) is 6.54 Å². The van der Waals surface area contributed by atoms with E-state index in [1.165, 1.54) is 6.39 Å². The van der Waals surface area contributed by atoms with Crippen LogP contribution >= 0.6 is 0 Å². The summed E-state index contributed by atoms with van der Waals surface area (Å²) in [5.74, 6) is 0.626. The second-order valence-electron chi connectivity index (χ2n) is 3.44. The smallest absolute Gasteiger partial charge is 0.236 e. The molecule has 7 heteroatoms. The molecule has 1 aromatic heterocycles. The van der Waals surface area contributed by atoms with Crippen LogP contribution in [-0.4, -0.2) is 53.8 Å². The second kappa shape index (κ2) is 5.57. The number of aromatic nitrogens is 2. The van der Waals surface area contributed by atoms with Gasteiger partial charge in [-0.2, -0.15) is 4.98 Å². The Bertz CT molecular complexity index is 322. The maximum atomic E-state index is 11.7. The minimum absolute atomic E-state index is 0.0757. The fourth-order valence-electron chi connectivity index (χ4n) is 1.48. The zero-order chi connectivity index (χ0) is 11.2. The van der Waals surface area contributed by atoms with E-state index >= 15 is 0 Å².